The zero-order valence-electron chi connectivity index (χ0n) is 5.27. The Hall–Kier alpha value is 0.190. The molecule has 56 valence electrons. The van der Waals surface area contributed by atoms with Gasteiger partial charge in [0.25, 0.3) is 0 Å². The first-order valence-electron chi connectivity index (χ1n) is 2.66. The molecule has 0 aromatic rings. The normalized spacial score (nSPS) is 44.9. The maximum absolute atomic E-state index is 8.73. The van der Waals surface area contributed by atoms with Crippen molar-refractivity contribution < 1.29 is 17.5 Å². The van der Waals surface area contributed by atoms with E-state index in [-0.39, 0.29) is 12.2 Å². The molecule has 5 heteroatoms. The summed E-state index contributed by atoms with van der Waals surface area (Å²) in [5.74, 6) is 0. The van der Waals surface area contributed by atoms with Gasteiger partial charge in [0.1, 0.15) is 12.2 Å². The summed E-state index contributed by atoms with van der Waals surface area (Å²) in [6, 6.07) is 0. The van der Waals surface area contributed by atoms with Gasteiger partial charge in [-0.25, -0.2) is 0 Å². The molecule has 1 rings (SSSR count). The van der Waals surface area contributed by atoms with Crippen molar-refractivity contribution in [2.75, 3.05) is 0 Å². The Bertz CT molecular complexity index is 103. The van der Waals surface area contributed by atoms with Crippen molar-refractivity contribution >= 4 is 11.2 Å². The van der Waals surface area contributed by atoms with Gasteiger partial charge in [-0.05, 0) is 13.8 Å². The molecule has 1 fully saturated rings. The Kier molecular flexibility index (Phi) is 1.71. The van der Waals surface area contributed by atoms with Crippen LogP contribution >= 0.6 is 11.2 Å². The molecule has 2 N–H and O–H groups in total. The second-order valence-corrected chi connectivity index (χ2v) is 3.33. The maximum Gasteiger partial charge on any atom is 0.219 e. The summed E-state index contributed by atoms with van der Waals surface area (Å²) in [6.45, 7) is 3.46. The van der Waals surface area contributed by atoms with Gasteiger partial charge in [0.2, 0.25) is 11.2 Å². The number of hydrogen-bond acceptors (Lipinski definition) is 4. The summed E-state index contributed by atoms with van der Waals surface area (Å²) in [5.41, 5.74) is 0. The quantitative estimate of drug-likeness (QED) is 0.553. The highest BCUT2D eigenvalue weighted by Gasteiger charge is 2.37. The molecular formula is C4H10O4S. The van der Waals surface area contributed by atoms with Crippen molar-refractivity contribution in [3.05, 3.63) is 0 Å². The van der Waals surface area contributed by atoms with Crippen LogP contribution in [0.5, 0.6) is 0 Å². The average Bonchev–Trinajstić information content (AvgIpc) is 1.79. The molecule has 0 saturated carbocycles. The minimum atomic E-state index is -3.14. The predicted octanol–water partition coefficient (Wildman–Crippen LogP) is 1.39. The monoisotopic (exact) mass is 154 g/mol. The largest absolute Gasteiger partial charge is 0.287 e. The van der Waals surface area contributed by atoms with Gasteiger partial charge in [-0.3, -0.25) is 17.5 Å². The molecule has 0 amide bonds. The van der Waals surface area contributed by atoms with E-state index in [1.54, 1.807) is 13.8 Å². The van der Waals surface area contributed by atoms with E-state index in [2.05, 4.69) is 8.37 Å². The molecule has 0 radical (unpaired) electrons. The van der Waals surface area contributed by atoms with E-state index in [4.69, 9.17) is 9.11 Å². The van der Waals surface area contributed by atoms with Crippen LogP contribution in [0.4, 0.5) is 0 Å². The molecule has 1 aliphatic rings. The highest BCUT2D eigenvalue weighted by Crippen LogP contribution is 2.50. The Balaban J connectivity index is 2.54. The minimum Gasteiger partial charge on any atom is -0.287 e. The second-order valence-electron chi connectivity index (χ2n) is 2.05. The van der Waals surface area contributed by atoms with E-state index in [9.17, 15) is 0 Å². The molecule has 2 atom stereocenters. The smallest absolute Gasteiger partial charge is 0.219 e. The van der Waals surface area contributed by atoms with Gasteiger partial charge in [0, 0.05) is 0 Å². The van der Waals surface area contributed by atoms with Gasteiger partial charge in [-0.2, -0.15) is 0 Å². The topological polar surface area (TPSA) is 58.9 Å². The Morgan fingerprint density at radius 3 is 1.56 bits per heavy atom. The summed E-state index contributed by atoms with van der Waals surface area (Å²) in [4.78, 5) is 0. The molecule has 0 bridgehead atoms. The minimum absolute atomic E-state index is 0.227. The van der Waals surface area contributed by atoms with Crippen LogP contribution in [-0.4, -0.2) is 21.3 Å². The lowest BCUT2D eigenvalue weighted by Crippen LogP contribution is -2.13. The van der Waals surface area contributed by atoms with Gasteiger partial charge in [-0.15, -0.1) is 0 Å². The molecule has 1 aliphatic heterocycles. The fourth-order valence-corrected chi connectivity index (χ4v) is 1.72. The lowest BCUT2D eigenvalue weighted by Gasteiger charge is -2.15. The summed E-state index contributed by atoms with van der Waals surface area (Å²) >= 11 is -3.14. The third kappa shape index (κ3) is 1.56. The van der Waals surface area contributed by atoms with Crippen LogP contribution in [0.15, 0.2) is 0 Å². The van der Waals surface area contributed by atoms with Crippen molar-refractivity contribution in [2.45, 2.75) is 26.1 Å². The summed E-state index contributed by atoms with van der Waals surface area (Å²) < 4.78 is 26.7. The van der Waals surface area contributed by atoms with Crippen LogP contribution in [0.25, 0.3) is 0 Å². The van der Waals surface area contributed by atoms with Crippen LogP contribution in [0.3, 0.4) is 0 Å². The summed E-state index contributed by atoms with van der Waals surface area (Å²) in [7, 11) is 0. The van der Waals surface area contributed by atoms with E-state index in [1.807, 2.05) is 0 Å². The van der Waals surface area contributed by atoms with E-state index in [0.717, 1.165) is 0 Å². The van der Waals surface area contributed by atoms with Gasteiger partial charge in [-0.1, -0.05) is 0 Å². The lowest BCUT2D eigenvalue weighted by atomic mass is 10.3. The molecule has 9 heavy (non-hydrogen) atoms. The zero-order valence-corrected chi connectivity index (χ0v) is 6.09. The molecule has 0 aliphatic carbocycles. The van der Waals surface area contributed by atoms with E-state index in [0.29, 0.717) is 0 Å². The average molecular weight is 154 g/mol. The van der Waals surface area contributed by atoms with Crippen LogP contribution in [0.1, 0.15) is 13.8 Å². The third-order valence-electron chi connectivity index (χ3n) is 1.22. The van der Waals surface area contributed by atoms with Crippen LogP contribution in [-0.2, 0) is 8.37 Å². The van der Waals surface area contributed by atoms with Crippen LogP contribution < -0.4 is 0 Å². The number of hydrogen-bond donors (Lipinski definition) is 2. The number of rotatable bonds is 0. The van der Waals surface area contributed by atoms with Crippen molar-refractivity contribution in [1.29, 1.82) is 0 Å². The lowest BCUT2D eigenvalue weighted by molar-refractivity contribution is 0.187. The molecule has 0 aromatic carbocycles. The standard InChI is InChI=1S/C4H10O4S/c1-3-4(2)8-9(5,6)7-3/h3-6H,1-2H3/t3-,4?/m0/s1. The Labute approximate surface area is 55.5 Å². The van der Waals surface area contributed by atoms with E-state index in [1.165, 1.54) is 0 Å². The van der Waals surface area contributed by atoms with E-state index < -0.39 is 11.2 Å². The highest BCUT2D eigenvalue weighted by atomic mass is 32.3. The first-order valence-corrected chi connectivity index (χ1v) is 4.05. The fraction of sp³-hybridized carbons (Fsp3) is 1.00. The van der Waals surface area contributed by atoms with Gasteiger partial charge in [0.05, 0.1) is 0 Å². The maximum atomic E-state index is 8.73. The molecular weight excluding hydrogens is 144 g/mol. The fourth-order valence-electron chi connectivity index (χ4n) is 0.575. The van der Waals surface area contributed by atoms with Crippen molar-refractivity contribution in [3.8, 4) is 0 Å². The second kappa shape index (κ2) is 2.10. The molecule has 1 unspecified atom stereocenters. The van der Waals surface area contributed by atoms with Gasteiger partial charge >= 0.3 is 0 Å². The van der Waals surface area contributed by atoms with Crippen LogP contribution in [0.2, 0.25) is 0 Å². The Morgan fingerprint density at radius 2 is 1.44 bits per heavy atom. The summed E-state index contributed by atoms with van der Waals surface area (Å²) in [6.07, 6.45) is -0.454. The van der Waals surface area contributed by atoms with Crippen molar-refractivity contribution in [1.82, 2.24) is 0 Å². The molecule has 0 spiro atoms. The SMILES string of the molecule is CC1OS(O)(O)O[C@H]1C. The van der Waals surface area contributed by atoms with Gasteiger partial charge < -0.3 is 0 Å². The van der Waals surface area contributed by atoms with Crippen molar-refractivity contribution in [3.63, 3.8) is 0 Å². The zero-order chi connectivity index (χ0) is 7.07. The first-order chi connectivity index (χ1) is 4.01. The highest BCUT2D eigenvalue weighted by molar-refractivity contribution is 8.16. The predicted molar refractivity (Wildman–Crippen MR) is 33.9 cm³/mol. The first kappa shape index (κ1) is 7.30. The van der Waals surface area contributed by atoms with Crippen LogP contribution in [0, 0.1) is 0 Å². The van der Waals surface area contributed by atoms with Crippen molar-refractivity contribution in [2.24, 2.45) is 0 Å². The van der Waals surface area contributed by atoms with E-state index >= 15 is 0 Å². The molecule has 1 saturated heterocycles. The summed E-state index contributed by atoms with van der Waals surface area (Å²) in [5, 5.41) is 0. The van der Waals surface area contributed by atoms with Gasteiger partial charge in [0.15, 0.2) is 0 Å². The molecule has 1 heterocycles. The Morgan fingerprint density at radius 1 is 1.11 bits per heavy atom. The molecule has 0 aromatic heterocycles. The molecule has 4 nitrogen and oxygen atoms in total. The third-order valence-corrected chi connectivity index (χ3v) is 2.32.